The Morgan fingerprint density at radius 1 is 1.71 bits per heavy atom. The summed E-state index contributed by atoms with van der Waals surface area (Å²) in [6.45, 7) is 6.94. The molecule has 0 aliphatic heterocycles. The molecule has 1 aromatic heterocycles. The van der Waals surface area contributed by atoms with E-state index in [9.17, 15) is 0 Å². The number of nitrogens with one attached hydrogen (secondary N) is 1. The van der Waals surface area contributed by atoms with Crippen LogP contribution in [0.1, 0.15) is 31.4 Å². The van der Waals surface area contributed by atoms with E-state index in [1.54, 1.807) is 0 Å². The summed E-state index contributed by atoms with van der Waals surface area (Å²) in [5.74, 6) is 0. The molecule has 1 rings (SSSR count). The molecule has 0 radical (unpaired) electrons. The minimum absolute atomic E-state index is 0.498. The molecule has 0 aliphatic carbocycles. The van der Waals surface area contributed by atoms with Gasteiger partial charge in [-0.15, -0.1) is 17.9 Å². The highest BCUT2D eigenvalue weighted by Crippen LogP contribution is 2.25. The van der Waals surface area contributed by atoms with Crippen LogP contribution < -0.4 is 5.32 Å². The minimum atomic E-state index is 0.498. The molecule has 1 heterocycles. The molecule has 1 atom stereocenters. The molecule has 0 saturated carbocycles. The monoisotopic (exact) mass is 321 g/mol. The lowest BCUT2D eigenvalue weighted by Gasteiger charge is -2.15. The number of allylic oxidation sites excluding steroid dienone is 1. The van der Waals surface area contributed by atoms with Crippen molar-refractivity contribution >= 4 is 33.9 Å². The van der Waals surface area contributed by atoms with Crippen LogP contribution in [0.2, 0.25) is 0 Å². The fourth-order valence-corrected chi connectivity index (χ4v) is 2.85. The first-order chi connectivity index (χ1) is 6.77. The Balaban J connectivity index is 2.61. The molecule has 1 nitrogen and oxygen atoms in total. The Hall–Kier alpha value is 0.130. The zero-order valence-electron chi connectivity index (χ0n) is 8.42. The van der Waals surface area contributed by atoms with Gasteiger partial charge in [0.25, 0.3) is 0 Å². The number of hydrogen-bond donors (Lipinski definition) is 1. The SMILES string of the molecule is C=CCCC(NCC)c1csc(I)c1. The Morgan fingerprint density at radius 3 is 3.00 bits per heavy atom. The van der Waals surface area contributed by atoms with E-state index in [0.29, 0.717) is 6.04 Å². The van der Waals surface area contributed by atoms with E-state index < -0.39 is 0 Å². The summed E-state index contributed by atoms with van der Waals surface area (Å²) >= 11 is 4.18. The van der Waals surface area contributed by atoms with Gasteiger partial charge in [-0.25, -0.2) is 0 Å². The molecule has 0 fully saturated rings. The normalized spacial score (nSPS) is 12.7. The number of rotatable bonds is 6. The molecule has 3 heteroatoms. The molecular formula is C11H16INS. The van der Waals surface area contributed by atoms with Crippen molar-refractivity contribution in [2.45, 2.75) is 25.8 Å². The van der Waals surface area contributed by atoms with Crippen LogP contribution in [-0.4, -0.2) is 6.54 Å². The highest BCUT2D eigenvalue weighted by Gasteiger charge is 2.10. The molecule has 0 spiro atoms. The van der Waals surface area contributed by atoms with Gasteiger partial charge >= 0.3 is 0 Å². The summed E-state index contributed by atoms with van der Waals surface area (Å²) < 4.78 is 1.36. The molecule has 1 unspecified atom stereocenters. The zero-order chi connectivity index (χ0) is 10.4. The van der Waals surface area contributed by atoms with E-state index in [4.69, 9.17) is 0 Å². The Labute approximate surface area is 104 Å². The van der Waals surface area contributed by atoms with E-state index in [1.165, 1.54) is 8.45 Å². The molecule has 0 bridgehead atoms. The summed E-state index contributed by atoms with van der Waals surface area (Å²) in [6, 6.07) is 2.76. The largest absolute Gasteiger partial charge is 0.310 e. The third-order valence-electron chi connectivity index (χ3n) is 2.10. The number of thiophene rings is 1. The van der Waals surface area contributed by atoms with Gasteiger partial charge in [0.05, 0.1) is 2.88 Å². The maximum atomic E-state index is 3.76. The van der Waals surface area contributed by atoms with Crippen LogP contribution in [0.3, 0.4) is 0 Å². The first-order valence-electron chi connectivity index (χ1n) is 4.86. The van der Waals surface area contributed by atoms with Crippen LogP contribution in [0.15, 0.2) is 24.1 Å². The van der Waals surface area contributed by atoms with E-state index in [2.05, 4.69) is 52.9 Å². The molecule has 78 valence electrons. The third kappa shape index (κ3) is 3.71. The van der Waals surface area contributed by atoms with Gasteiger partial charge in [0.15, 0.2) is 0 Å². The molecule has 0 amide bonds. The minimum Gasteiger partial charge on any atom is -0.310 e. The topological polar surface area (TPSA) is 12.0 Å². The number of halogens is 1. The Bertz CT molecular complexity index is 283. The highest BCUT2D eigenvalue weighted by molar-refractivity contribution is 14.1. The van der Waals surface area contributed by atoms with Crippen molar-refractivity contribution in [1.29, 1.82) is 0 Å². The maximum absolute atomic E-state index is 3.76. The second-order valence-corrected chi connectivity index (χ2v) is 5.97. The lowest BCUT2D eigenvalue weighted by Crippen LogP contribution is -2.20. The Kier molecular flexibility index (Phi) is 5.74. The Morgan fingerprint density at radius 2 is 2.50 bits per heavy atom. The van der Waals surface area contributed by atoms with Gasteiger partial charge in [0.1, 0.15) is 0 Å². The predicted molar refractivity (Wildman–Crippen MR) is 72.9 cm³/mol. The van der Waals surface area contributed by atoms with Gasteiger partial charge in [-0.1, -0.05) is 13.0 Å². The molecule has 0 aromatic carbocycles. The first kappa shape index (κ1) is 12.2. The van der Waals surface area contributed by atoms with Crippen molar-refractivity contribution in [3.05, 3.63) is 32.5 Å². The number of hydrogen-bond acceptors (Lipinski definition) is 2. The van der Waals surface area contributed by atoms with Gasteiger partial charge in [-0.3, -0.25) is 0 Å². The summed E-state index contributed by atoms with van der Waals surface area (Å²) in [5, 5.41) is 5.75. The van der Waals surface area contributed by atoms with E-state index >= 15 is 0 Å². The van der Waals surface area contributed by atoms with Crippen LogP contribution in [0.25, 0.3) is 0 Å². The lowest BCUT2D eigenvalue weighted by molar-refractivity contribution is 0.521. The summed E-state index contributed by atoms with van der Waals surface area (Å²) in [5.41, 5.74) is 1.42. The second kappa shape index (κ2) is 6.58. The fraction of sp³-hybridized carbons (Fsp3) is 0.455. The average molecular weight is 321 g/mol. The smallest absolute Gasteiger partial charge is 0.0656 e. The van der Waals surface area contributed by atoms with Gasteiger partial charge in [0, 0.05) is 6.04 Å². The maximum Gasteiger partial charge on any atom is 0.0656 e. The molecule has 1 aromatic rings. The molecule has 1 N–H and O–H groups in total. The fourth-order valence-electron chi connectivity index (χ4n) is 1.42. The van der Waals surface area contributed by atoms with Crippen LogP contribution in [0.5, 0.6) is 0 Å². The lowest BCUT2D eigenvalue weighted by atomic mass is 10.1. The van der Waals surface area contributed by atoms with Crippen molar-refractivity contribution in [2.24, 2.45) is 0 Å². The first-order valence-corrected chi connectivity index (χ1v) is 6.82. The van der Waals surface area contributed by atoms with Crippen molar-refractivity contribution in [3.63, 3.8) is 0 Å². The molecule has 0 aliphatic rings. The van der Waals surface area contributed by atoms with Crippen molar-refractivity contribution in [2.75, 3.05) is 6.54 Å². The van der Waals surface area contributed by atoms with E-state index in [1.807, 2.05) is 17.4 Å². The summed E-state index contributed by atoms with van der Waals surface area (Å²) in [7, 11) is 0. The third-order valence-corrected chi connectivity index (χ3v) is 3.91. The van der Waals surface area contributed by atoms with Crippen molar-refractivity contribution < 1.29 is 0 Å². The molecule has 0 saturated heterocycles. The van der Waals surface area contributed by atoms with Gasteiger partial charge in [0.2, 0.25) is 0 Å². The van der Waals surface area contributed by atoms with Crippen LogP contribution in [0, 0.1) is 2.88 Å². The zero-order valence-corrected chi connectivity index (χ0v) is 11.4. The van der Waals surface area contributed by atoms with Crippen LogP contribution in [-0.2, 0) is 0 Å². The van der Waals surface area contributed by atoms with Crippen LogP contribution in [0.4, 0.5) is 0 Å². The predicted octanol–water partition coefficient (Wildman–Crippen LogP) is 3.97. The van der Waals surface area contributed by atoms with Crippen molar-refractivity contribution in [1.82, 2.24) is 5.32 Å². The summed E-state index contributed by atoms with van der Waals surface area (Å²) in [6.07, 6.45) is 4.20. The second-order valence-electron chi connectivity index (χ2n) is 3.16. The van der Waals surface area contributed by atoms with Gasteiger partial charge < -0.3 is 5.32 Å². The standard InChI is InChI=1S/C11H16INS/c1-3-5-6-10(13-4-2)9-7-11(12)14-8-9/h3,7-8,10,13H,1,4-6H2,2H3. The van der Waals surface area contributed by atoms with Crippen LogP contribution >= 0.6 is 33.9 Å². The quantitative estimate of drug-likeness (QED) is 0.617. The average Bonchev–Trinajstić information content (AvgIpc) is 2.59. The molecular weight excluding hydrogens is 305 g/mol. The van der Waals surface area contributed by atoms with E-state index in [0.717, 1.165) is 19.4 Å². The van der Waals surface area contributed by atoms with Crippen molar-refractivity contribution in [3.8, 4) is 0 Å². The van der Waals surface area contributed by atoms with Gasteiger partial charge in [-0.05, 0) is 59.0 Å². The molecule has 14 heavy (non-hydrogen) atoms. The van der Waals surface area contributed by atoms with E-state index in [-0.39, 0.29) is 0 Å². The van der Waals surface area contributed by atoms with Gasteiger partial charge in [-0.2, -0.15) is 0 Å². The summed E-state index contributed by atoms with van der Waals surface area (Å²) in [4.78, 5) is 0. The highest BCUT2D eigenvalue weighted by atomic mass is 127.